The van der Waals surface area contributed by atoms with Crippen molar-refractivity contribution < 1.29 is 14.6 Å². The van der Waals surface area contributed by atoms with E-state index in [1.54, 1.807) is 0 Å². The van der Waals surface area contributed by atoms with Gasteiger partial charge in [-0.25, -0.2) is 0 Å². The van der Waals surface area contributed by atoms with Gasteiger partial charge >= 0.3 is 0 Å². The smallest absolute Gasteiger partial charge is 0.226 e. The fourth-order valence-corrected chi connectivity index (χ4v) is 5.22. The molecule has 5 heteroatoms. The van der Waals surface area contributed by atoms with Gasteiger partial charge in [-0.1, -0.05) is 29.8 Å². The molecule has 1 N–H and O–H groups in total. The second-order valence-electron chi connectivity index (χ2n) is 8.95. The van der Waals surface area contributed by atoms with E-state index in [2.05, 4.69) is 11.0 Å². The van der Waals surface area contributed by atoms with Crippen LogP contribution in [-0.4, -0.2) is 66.2 Å². The first-order valence-corrected chi connectivity index (χ1v) is 11.2. The molecule has 0 bridgehead atoms. The first kappa shape index (κ1) is 20.4. The average Bonchev–Trinajstić information content (AvgIpc) is 3.25. The molecule has 4 rings (SSSR count). The molecule has 1 amide bonds. The predicted octanol–water partition coefficient (Wildman–Crippen LogP) is 3.24. The summed E-state index contributed by atoms with van der Waals surface area (Å²) >= 11 is 0. The Labute approximate surface area is 174 Å². The lowest BCUT2D eigenvalue weighted by Crippen LogP contribution is -2.60. The summed E-state index contributed by atoms with van der Waals surface area (Å²) in [7, 11) is 0. The van der Waals surface area contributed by atoms with Crippen LogP contribution in [-0.2, 0) is 4.79 Å². The Bertz CT molecular complexity index is 720. The van der Waals surface area contributed by atoms with Crippen LogP contribution in [0, 0.1) is 5.41 Å². The molecule has 0 saturated carbocycles. The number of para-hydroxylation sites is 1. The maximum Gasteiger partial charge on any atom is 0.226 e. The molecule has 2 fully saturated rings. The summed E-state index contributed by atoms with van der Waals surface area (Å²) in [6, 6.07) is 9.91. The Kier molecular flexibility index (Phi) is 6.56. The molecule has 1 spiro atoms. The van der Waals surface area contributed by atoms with E-state index < -0.39 is 0 Å². The second kappa shape index (κ2) is 9.31. The molecular weight excluding hydrogens is 364 g/mol. The molecule has 29 heavy (non-hydrogen) atoms. The maximum atomic E-state index is 12.9. The van der Waals surface area contributed by atoms with Crippen LogP contribution in [0.1, 0.15) is 44.9 Å². The fraction of sp³-hybridized carbons (Fsp3) is 0.625. The average molecular weight is 399 g/mol. The minimum atomic E-state index is -0.324. The van der Waals surface area contributed by atoms with E-state index in [4.69, 9.17) is 4.74 Å². The van der Waals surface area contributed by atoms with Gasteiger partial charge in [-0.3, -0.25) is 9.69 Å². The van der Waals surface area contributed by atoms with Gasteiger partial charge in [-0.05, 0) is 50.7 Å². The van der Waals surface area contributed by atoms with Crippen molar-refractivity contribution in [2.24, 2.45) is 5.41 Å². The monoisotopic (exact) mass is 398 g/mol. The molecule has 158 valence electrons. The number of carbonyl (C=O) groups is 1. The van der Waals surface area contributed by atoms with Crippen LogP contribution in [0.2, 0.25) is 0 Å². The third kappa shape index (κ3) is 5.01. The Balaban J connectivity index is 1.32. The lowest BCUT2D eigenvalue weighted by molar-refractivity contribution is -0.140. The largest absolute Gasteiger partial charge is 0.492 e. The van der Waals surface area contributed by atoms with Crippen LogP contribution in [0.4, 0.5) is 0 Å². The quantitative estimate of drug-likeness (QED) is 0.748. The van der Waals surface area contributed by atoms with Gasteiger partial charge in [-0.15, -0.1) is 0 Å². The summed E-state index contributed by atoms with van der Waals surface area (Å²) < 4.78 is 5.87. The van der Waals surface area contributed by atoms with Crippen molar-refractivity contribution in [3.8, 4) is 5.75 Å². The Hall–Kier alpha value is -1.85. The van der Waals surface area contributed by atoms with Crippen molar-refractivity contribution in [1.29, 1.82) is 0 Å². The number of rotatable bonds is 6. The summed E-state index contributed by atoms with van der Waals surface area (Å²) in [6.07, 6.45) is 8.61. The molecule has 1 aromatic carbocycles. The van der Waals surface area contributed by atoms with Crippen molar-refractivity contribution in [3.63, 3.8) is 0 Å². The molecule has 1 aliphatic carbocycles. The van der Waals surface area contributed by atoms with E-state index in [1.807, 2.05) is 35.2 Å². The number of benzene rings is 1. The SMILES string of the molecule is O=C(CC1=CCCC1)N1CCC[C@@]2(CN(CCOc3ccccc3)CC[C@H]2O)C1. The number of hydrogen-bond donors (Lipinski definition) is 1. The normalized spacial score (nSPS) is 27.8. The van der Waals surface area contributed by atoms with Gasteiger partial charge in [0.05, 0.1) is 6.10 Å². The summed E-state index contributed by atoms with van der Waals surface area (Å²) in [6.45, 7) is 4.76. The number of carbonyl (C=O) groups excluding carboxylic acids is 1. The lowest BCUT2D eigenvalue weighted by Gasteiger charge is -2.51. The van der Waals surface area contributed by atoms with E-state index in [1.165, 1.54) is 12.0 Å². The minimum Gasteiger partial charge on any atom is -0.492 e. The number of likely N-dealkylation sites (tertiary alicyclic amines) is 2. The topological polar surface area (TPSA) is 53.0 Å². The van der Waals surface area contributed by atoms with E-state index in [0.717, 1.165) is 64.0 Å². The molecule has 2 atom stereocenters. The number of hydrogen-bond acceptors (Lipinski definition) is 4. The van der Waals surface area contributed by atoms with E-state index in [0.29, 0.717) is 19.6 Å². The molecule has 2 saturated heterocycles. The van der Waals surface area contributed by atoms with E-state index in [9.17, 15) is 9.90 Å². The standard InChI is InChI=1S/C24H34N2O3/c27-22-11-14-25(15-16-29-21-9-2-1-3-10-21)18-24(22)12-6-13-26(19-24)23(28)17-20-7-4-5-8-20/h1-3,7,9-10,22,27H,4-6,8,11-19H2/t22-,24-/m1/s1. The number of amides is 1. The minimum absolute atomic E-state index is 0.192. The zero-order chi connectivity index (χ0) is 20.1. The molecule has 0 aromatic heterocycles. The highest BCUT2D eigenvalue weighted by Crippen LogP contribution is 2.39. The van der Waals surface area contributed by atoms with Crippen molar-refractivity contribution >= 4 is 5.91 Å². The van der Waals surface area contributed by atoms with Crippen molar-refractivity contribution in [2.75, 3.05) is 39.3 Å². The first-order chi connectivity index (χ1) is 14.1. The van der Waals surface area contributed by atoms with Crippen molar-refractivity contribution in [1.82, 2.24) is 9.80 Å². The Morgan fingerprint density at radius 3 is 2.83 bits per heavy atom. The van der Waals surface area contributed by atoms with Gasteiger partial charge in [0.15, 0.2) is 0 Å². The molecule has 2 heterocycles. The lowest BCUT2D eigenvalue weighted by atomic mass is 9.71. The number of aliphatic hydroxyl groups is 1. The van der Waals surface area contributed by atoms with E-state index in [-0.39, 0.29) is 17.4 Å². The predicted molar refractivity (Wildman–Crippen MR) is 114 cm³/mol. The molecule has 3 aliphatic rings. The summed E-state index contributed by atoms with van der Waals surface area (Å²) in [5.41, 5.74) is 1.11. The highest BCUT2D eigenvalue weighted by Gasteiger charge is 2.46. The molecular formula is C24H34N2O3. The van der Waals surface area contributed by atoms with Gasteiger partial charge in [0.25, 0.3) is 0 Å². The number of ether oxygens (including phenoxy) is 1. The zero-order valence-corrected chi connectivity index (χ0v) is 17.4. The molecule has 5 nitrogen and oxygen atoms in total. The maximum absolute atomic E-state index is 12.9. The van der Waals surface area contributed by atoms with E-state index >= 15 is 0 Å². The molecule has 1 aromatic rings. The fourth-order valence-electron chi connectivity index (χ4n) is 5.22. The van der Waals surface area contributed by atoms with Crippen LogP contribution < -0.4 is 4.74 Å². The third-order valence-corrected chi connectivity index (χ3v) is 6.86. The summed E-state index contributed by atoms with van der Waals surface area (Å²) in [4.78, 5) is 17.3. The van der Waals surface area contributed by atoms with Crippen LogP contribution >= 0.6 is 0 Å². The number of allylic oxidation sites excluding steroid dienone is 1. The highest BCUT2D eigenvalue weighted by molar-refractivity contribution is 5.79. The number of nitrogens with zero attached hydrogens (tertiary/aromatic N) is 2. The van der Waals surface area contributed by atoms with Gasteiger partial charge < -0.3 is 14.7 Å². The van der Waals surface area contributed by atoms with Crippen LogP contribution in [0.5, 0.6) is 5.75 Å². The molecule has 2 aliphatic heterocycles. The van der Waals surface area contributed by atoms with Gasteiger partial charge in [0.2, 0.25) is 5.91 Å². The van der Waals surface area contributed by atoms with Crippen LogP contribution in [0.25, 0.3) is 0 Å². The van der Waals surface area contributed by atoms with Gasteiger partial charge in [0, 0.05) is 44.6 Å². The van der Waals surface area contributed by atoms with Gasteiger partial charge in [0.1, 0.15) is 12.4 Å². The first-order valence-electron chi connectivity index (χ1n) is 11.2. The Morgan fingerprint density at radius 2 is 2.03 bits per heavy atom. The molecule has 0 radical (unpaired) electrons. The van der Waals surface area contributed by atoms with Crippen LogP contribution in [0.15, 0.2) is 42.0 Å². The Morgan fingerprint density at radius 1 is 1.17 bits per heavy atom. The number of aliphatic hydroxyl groups excluding tert-OH is 1. The molecule has 0 unspecified atom stereocenters. The zero-order valence-electron chi connectivity index (χ0n) is 17.4. The highest BCUT2D eigenvalue weighted by atomic mass is 16.5. The second-order valence-corrected chi connectivity index (χ2v) is 8.95. The van der Waals surface area contributed by atoms with Crippen molar-refractivity contribution in [2.45, 2.75) is 51.0 Å². The summed E-state index contributed by atoms with van der Waals surface area (Å²) in [5, 5.41) is 10.9. The van der Waals surface area contributed by atoms with Crippen LogP contribution in [0.3, 0.4) is 0 Å². The number of piperidine rings is 2. The van der Waals surface area contributed by atoms with Gasteiger partial charge in [-0.2, -0.15) is 0 Å². The third-order valence-electron chi connectivity index (χ3n) is 6.86. The van der Waals surface area contributed by atoms with Crippen molar-refractivity contribution in [3.05, 3.63) is 42.0 Å². The summed E-state index contributed by atoms with van der Waals surface area (Å²) in [5.74, 6) is 1.14.